The van der Waals surface area contributed by atoms with Crippen LogP contribution in [0.2, 0.25) is 0 Å². The quantitative estimate of drug-likeness (QED) is 0.550. The number of rotatable bonds is 2. The second-order valence-electron chi connectivity index (χ2n) is 4.11. The second-order valence-corrected chi connectivity index (χ2v) is 5.22. The predicted octanol–water partition coefficient (Wildman–Crippen LogP) is 2.07. The minimum Gasteiger partial charge on any atom is -0.309 e. The minimum absolute atomic E-state index is 0.111. The number of Topliss-reactive ketones (excluding diaryl/α,β-unsaturated/α-hetero) is 1. The van der Waals surface area contributed by atoms with Crippen molar-refractivity contribution in [3.05, 3.63) is 0 Å². The van der Waals surface area contributed by atoms with Crippen LogP contribution in [-0.4, -0.2) is 36.2 Å². The summed E-state index contributed by atoms with van der Waals surface area (Å²) in [6.45, 7) is 0.904. The van der Waals surface area contributed by atoms with Crippen LogP contribution in [0.1, 0.15) is 25.7 Å². The van der Waals surface area contributed by atoms with Gasteiger partial charge in [-0.1, -0.05) is 28.8 Å². The van der Waals surface area contributed by atoms with Crippen LogP contribution in [0, 0.1) is 5.92 Å². The third kappa shape index (κ3) is 3.39. The van der Waals surface area contributed by atoms with Gasteiger partial charge in [-0.05, 0) is 26.9 Å². The van der Waals surface area contributed by atoms with Crippen molar-refractivity contribution in [1.82, 2.24) is 4.90 Å². The van der Waals surface area contributed by atoms with E-state index in [1.54, 1.807) is 0 Å². The number of hydrogen-bond donors (Lipinski definition) is 0. The third-order valence-corrected chi connectivity index (χ3v) is 3.47. The summed E-state index contributed by atoms with van der Waals surface area (Å²) in [5.41, 5.74) is 0. The van der Waals surface area contributed by atoms with Crippen molar-refractivity contribution in [2.45, 2.75) is 30.5 Å². The Labute approximate surface area is 88.8 Å². The van der Waals surface area contributed by atoms with Gasteiger partial charge in [-0.25, -0.2) is 0 Å². The number of carbonyl (C=O) groups excluding carboxylic acids is 1. The van der Waals surface area contributed by atoms with E-state index in [0.29, 0.717) is 5.78 Å². The summed E-state index contributed by atoms with van der Waals surface area (Å²) in [5.74, 6) is 0.660. The molecule has 2 nitrogen and oxygen atoms in total. The summed E-state index contributed by atoms with van der Waals surface area (Å²) < 4.78 is 0. The lowest BCUT2D eigenvalue weighted by atomic mass is 9.99. The number of nitrogens with zero attached hydrogens (tertiary/aromatic N) is 1. The summed E-state index contributed by atoms with van der Waals surface area (Å²) >= 11 is 3.47. The molecule has 0 aromatic carbocycles. The monoisotopic (exact) mass is 247 g/mol. The fraction of sp³-hybridized carbons (Fsp3) is 0.900. The Morgan fingerprint density at radius 1 is 1.38 bits per heavy atom. The highest BCUT2D eigenvalue weighted by Crippen LogP contribution is 2.25. The second kappa shape index (κ2) is 5.11. The van der Waals surface area contributed by atoms with E-state index in [9.17, 15) is 4.79 Å². The van der Waals surface area contributed by atoms with E-state index in [4.69, 9.17) is 0 Å². The summed E-state index contributed by atoms with van der Waals surface area (Å²) in [6, 6.07) is 0. The van der Waals surface area contributed by atoms with Gasteiger partial charge in [-0.15, -0.1) is 0 Å². The maximum absolute atomic E-state index is 11.8. The van der Waals surface area contributed by atoms with Crippen LogP contribution < -0.4 is 0 Å². The zero-order valence-electron chi connectivity index (χ0n) is 8.42. The zero-order valence-corrected chi connectivity index (χ0v) is 10.0. The maximum atomic E-state index is 11.8. The molecule has 2 unspecified atom stereocenters. The third-order valence-electron chi connectivity index (χ3n) is 2.56. The van der Waals surface area contributed by atoms with Gasteiger partial charge >= 0.3 is 0 Å². The first-order valence-electron chi connectivity index (χ1n) is 4.94. The first-order valence-corrected chi connectivity index (χ1v) is 5.85. The first kappa shape index (κ1) is 11.2. The van der Waals surface area contributed by atoms with Gasteiger partial charge in [-0.2, -0.15) is 0 Å². The van der Waals surface area contributed by atoms with Gasteiger partial charge in [0, 0.05) is 12.5 Å². The molecular weight excluding hydrogens is 230 g/mol. The largest absolute Gasteiger partial charge is 0.309 e. The highest BCUT2D eigenvalue weighted by atomic mass is 79.9. The van der Waals surface area contributed by atoms with Crippen LogP contribution in [0.15, 0.2) is 0 Å². The molecule has 0 aromatic heterocycles. The molecule has 1 saturated carbocycles. The molecule has 0 spiro atoms. The number of alkyl halides is 1. The van der Waals surface area contributed by atoms with E-state index in [2.05, 4.69) is 20.8 Å². The maximum Gasteiger partial charge on any atom is 0.150 e. The van der Waals surface area contributed by atoms with Crippen molar-refractivity contribution in [2.24, 2.45) is 5.92 Å². The smallest absolute Gasteiger partial charge is 0.150 e. The number of carbonyl (C=O) groups is 1. The lowest BCUT2D eigenvalue weighted by molar-refractivity contribution is -0.122. The molecule has 0 radical (unpaired) electrons. The SMILES string of the molecule is CN(C)CC1CCCCC(Br)C1=O. The average molecular weight is 248 g/mol. The van der Waals surface area contributed by atoms with Crippen molar-refractivity contribution in [2.75, 3.05) is 20.6 Å². The molecule has 1 fully saturated rings. The van der Waals surface area contributed by atoms with E-state index < -0.39 is 0 Å². The summed E-state index contributed by atoms with van der Waals surface area (Å²) in [7, 11) is 4.06. The molecule has 2 atom stereocenters. The molecule has 0 bridgehead atoms. The summed E-state index contributed by atoms with van der Waals surface area (Å²) in [6.07, 6.45) is 4.47. The fourth-order valence-corrected chi connectivity index (χ4v) is 2.57. The van der Waals surface area contributed by atoms with Crippen LogP contribution in [0.3, 0.4) is 0 Å². The van der Waals surface area contributed by atoms with Crippen LogP contribution in [-0.2, 0) is 4.79 Å². The molecule has 1 rings (SSSR count). The highest BCUT2D eigenvalue weighted by molar-refractivity contribution is 9.10. The lowest BCUT2D eigenvalue weighted by Crippen LogP contribution is -2.31. The van der Waals surface area contributed by atoms with Crippen LogP contribution in [0.4, 0.5) is 0 Å². The first-order chi connectivity index (χ1) is 6.11. The van der Waals surface area contributed by atoms with Crippen molar-refractivity contribution >= 4 is 21.7 Å². The van der Waals surface area contributed by atoms with E-state index in [1.807, 2.05) is 14.1 Å². The Morgan fingerprint density at radius 2 is 2.00 bits per heavy atom. The Bertz CT molecular complexity index is 182. The topological polar surface area (TPSA) is 20.3 Å². The normalized spacial score (nSPS) is 30.6. The van der Waals surface area contributed by atoms with Crippen LogP contribution in [0.25, 0.3) is 0 Å². The molecule has 0 aliphatic heterocycles. The van der Waals surface area contributed by atoms with E-state index >= 15 is 0 Å². The Balaban J connectivity index is 2.54. The van der Waals surface area contributed by atoms with Crippen molar-refractivity contribution < 1.29 is 4.79 Å². The predicted molar refractivity (Wildman–Crippen MR) is 58.2 cm³/mol. The van der Waals surface area contributed by atoms with Gasteiger partial charge in [-0.3, -0.25) is 4.79 Å². The van der Waals surface area contributed by atoms with Crippen molar-refractivity contribution in [3.8, 4) is 0 Å². The molecule has 1 aliphatic rings. The Hall–Kier alpha value is 0.110. The molecule has 0 amide bonds. The molecule has 0 saturated heterocycles. The van der Waals surface area contributed by atoms with E-state index in [1.165, 1.54) is 12.8 Å². The highest BCUT2D eigenvalue weighted by Gasteiger charge is 2.27. The molecule has 0 heterocycles. The number of halogens is 1. The number of hydrogen-bond acceptors (Lipinski definition) is 2. The molecule has 76 valence electrons. The lowest BCUT2D eigenvalue weighted by Gasteiger charge is -2.19. The van der Waals surface area contributed by atoms with Gasteiger partial charge in [0.1, 0.15) is 0 Å². The molecule has 0 aromatic rings. The van der Waals surface area contributed by atoms with Gasteiger partial charge in [0.25, 0.3) is 0 Å². The molecular formula is C10H18BrNO. The van der Waals surface area contributed by atoms with Gasteiger partial charge < -0.3 is 4.90 Å². The van der Waals surface area contributed by atoms with E-state index in [0.717, 1.165) is 19.4 Å². The average Bonchev–Trinajstić information content (AvgIpc) is 2.19. The zero-order chi connectivity index (χ0) is 9.84. The fourth-order valence-electron chi connectivity index (χ4n) is 1.88. The van der Waals surface area contributed by atoms with Crippen LogP contribution >= 0.6 is 15.9 Å². The van der Waals surface area contributed by atoms with Gasteiger partial charge in [0.05, 0.1) is 4.83 Å². The molecule has 3 heteroatoms. The molecule has 0 N–H and O–H groups in total. The van der Waals surface area contributed by atoms with E-state index in [-0.39, 0.29) is 10.7 Å². The standard InChI is InChI=1S/C10H18BrNO/c1-12(2)7-8-5-3-4-6-9(11)10(8)13/h8-9H,3-7H2,1-2H3. The molecule has 1 aliphatic carbocycles. The number of ketones is 1. The minimum atomic E-state index is 0.111. The Kier molecular flexibility index (Phi) is 4.39. The Morgan fingerprint density at radius 3 is 2.62 bits per heavy atom. The van der Waals surface area contributed by atoms with Gasteiger partial charge in [0.2, 0.25) is 0 Å². The van der Waals surface area contributed by atoms with Crippen LogP contribution in [0.5, 0.6) is 0 Å². The summed E-state index contributed by atoms with van der Waals surface area (Å²) in [4.78, 5) is 14.0. The molecule has 13 heavy (non-hydrogen) atoms. The van der Waals surface area contributed by atoms with Crippen molar-refractivity contribution in [1.29, 1.82) is 0 Å². The van der Waals surface area contributed by atoms with Gasteiger partial charge in [0.15, 0.2) is 5.78 Å². The summed E-state index contributed by atoms with van der Waals surface area (Å²) in [5, 5.41) is 0. The van der Waals surface area contributed by atoms with Crippen molar-refractivity contribution in [3.63, 3.8) is 0 Å².